The van der Waals surface area contributed by atoms with Gasteiger partial charge >= 0.3 is 11.9 Å². The minimum atomic E-state index is -1.16. The second-order valence-electron chi connectivity index (χ2n) is 4.71. The summed E-state index contributed by atoms with van der Waals surface area (Å²) in [6.07, 6.45) is 3.16. The van der Waals surface area contributed by atoms with Crippen LogP contribution in [0.4, 0.5) is 0 Å². The summed E-state index contributed by atoms with van der Waals surface area (Å²) in [4.78, 5) is 24.4. The summed E-state index contributed by atoms with van der Waals surface area (Å²) in [5.74, 6) is -1.11. The van der Waals surface area contributed by atoms with Crippen LogP contribution < -0.4 is 0 Å². The molecule has 1 unspecified atom stereocenters. The fraction of sp³-hybridized carbons (Fsp3) is 0.714. The Kier molecular flexibility index (Phi) is 4.93. The van der Waals surface area contributed by atoms with Crippen molar-refractivity contribution >= 4 is 11.9 Å². The molecule has 102 valence electrons. The van der Waals surface area contributed by atoms with E-state index in [0.29, 0.717) is 6.42 Å². The van der Waals surface area contributed by atoms with Crippen LogP contribution in [-0.4, -0.2) is 25.2 Å². The van der Waals surface area contributed by atoms with Gasteiger partial charge in [-0.1, -0.05) is 18.6 Å². The van der Waals surface area contributed by atoms with Gasteiger partial charge in [-0.25, -0.2) is 0 Å². The van der Waals surface area contributed by atoms with Crippen molar-refractivity contribution in [3.05, 3.63) is 11.6 Å². The van der Waals surface area contributed by atoms with Crippen molar-refractivity contribution in [3.63, 3.8) is 0 Å². The van der Waals surface area contributed by atoms with Gasteiger partial charge in [0, 0.05) is 5.92 Å². The first-order valence-corrected chi connectivity index (χ1v) is 6.50. The van der Waals surface area contributed by atoms with Gasteiger partial charge in [-0.2, -0.15) is 0 Å². The monoisotopic (exact) mass is 254 g/mol. The lowest BCUT2D eigenvalue weighted by atomic mass is 9.68. The van der Waals surface area contributed by atoms with Crippen molar-refractivity contribution in [2.24, 2.45) is 11.3 Å². The zero-order valence-corrected chi connectivity index (χ0v) is 11.6. The minimum absolute atomic E-state index is 0.190. The number of carbonyl (C=O) groups is 2. The average Bonchev–Trinajstić information content (AvgIpc) is 2.29. The van der Waals surface area contributed by atoms with Gasteiger partial charge < -0.3 is 9.47 Å². The molecule has 0 amide bonds. The van der Waals surface area contributed by atoms with Gasteiger partial charge in [0.25, 0.3) is 0 Å². The Balaban J connectivity index is 3.09. The van der Waals surface area contributed by atoms with E-state index in [9.17, 15) is 9.59 Å². The van der Waals surface area contributed by atoms with Crippen LogP contribution in [0.2, 0.25) is 0 Å². The van der Waals surface area contributed by atoms with Gasteiger partial charge in [-0.3, -0.25) is 9.59 Å². The van der Waals surface area contributed by atoms with Gasteiger partial charge in [0.05, 0.1) is 13.2 Å². The van der Waals surface area contributed by atoms with Crippen molar-refractivity contribution in [2.45, 2.75) is 40.5 Å². The van der Waals surface area contributed by atoms with E-state index in [1.165, 1.54) is 5.57 Å². The van der Waals surface area contributed by atoms with Crippen molar-refractivity contribution < 1.29 is 19.1 Å². The number of allylic oxidation sites excluding steroid dienone is 2. The smallest absolute Gasteiger partial charge is 0.324 e. The Morgan fingerprint density at radius 3 is 2.17 bits per heavy atom. The minimum Gasteiger partial charge on any atom is -0.465 e. The molecule has 0 aromatic rings. The molecule has 4 nitrogen and oxygen atoms in total. The number of hydrogen-bond donors (Lipinski definition) is 0. The highest BCUT2D eigenvalue weighted by molar-refractivity contribution is 6.01. The molecule has 1 aliphatic rings. The standard InChI is InChI=1S/C14H22O4/c1-5-17-12(15)14(13(16)18-6-2)8-7-10(3)9-11(14)4/h9,11H,5-8H2,1-4H3. The molecule has 1 atom stereocenters. The van der Waals surface area contributed by atoms with E-state index in [1.54, 1.807) is 13.8 Å². The largest absolute Gasteiger partial charge is 0.465 e. The summed E-state index contributed by atoms with van der Waals surface area (Å²) < 4.78 is 10.2. The third-order valence-corrected chi connectivity index (χ3v) is 3.50. The van der Waals surface area contributed by atoms with Gasteiger partial charge in [0.1, 0.15) is 0 Å². The third-order valence-electron chi connectivity index (χ3n) is 3.50. The predicted octanol–water partition coefficient (Wildman–Crippen LogP) is 2.48. The van der Waals surface area contributed by atoms with Crippen LogP contribution in [0.25, 0.3) is 0 Å². The van der Waals surface area contributed by atoms with Crippen molar-refractivity contribution in [1.29, 1.82) is 0 Å². The van der Waals surface area contributed by atoms with Gasteiger partial charge in [-0.15, -0.1) is 0 Å². The normalized spacial score (nSPS) is 22.0. The van der Waals surface area contributed by atoms with Crippen LogP contribution in [0.1, 0.15) is 40.5 Å². The predicted molar refractivity (Wildman–Crippen MR) is 67.9 cm³/mol. The Labute approximate surface area is 108 Å². The number of carbonyl (C=O) groups excluding carboxylic acids is 2. The van der Waals surface area contributed by atoms with Crippen LogP contribution >= 0.6 is 0 Å². The van der Waals surface area contributed by atoms with E-state index >= 15 is 0 Å². The van der Waals surface area contributed by atoms with E-state index in [-0.39, 0.29) is 19.1 Å². The van der Waals surface area contributed by atoms with Crippen molar-refractivity contribution in [3.8, 4) is 0 Å². The quantitative estimate of drug-likeness (QED) is 0.439. The first-order chi connectivity index (χ1) is 8.48. The molecule has 0 aliphatic heterocycles. The third kappa shape index (κ3) is 2.57. The molecular weight excluding hydrogens is 232 g/mol. The maximum Gasteiger partial charge on any atom is 0.324 e. The lowest BCUT2D eigenvalue weighted by Gasteiger charge is -2.36. The molecule has 0 fully saturated rings. The SMILES string of the molecule is CCOC(=O)C1(C(=O)OCC)CCC(C)=CC1C. The van der Waals surface area contributed by atoms with E-state index < -0.39 is 17.4 Å². The fourth-order valence-corrected chi connectivity index (χ4v) is 2.45. The first-order valence-electron chi connectivity index (χ1n) is 6.50. The zero-order valence-electron chi connectivity index (χ0n) is 11.6. The first kappa shape index (κ1) is 14.7. The highest BCUT2D eigenvalue weighted by atomic mass is 16.6. The summed E-state index contributed by atoms with van der Waals surface area (Å²) in [5, 5.41) is 0. The topological polar surface area (TPSA) is 52.6 Å². The Morgan fingerprint density at radius 1 is 1.28 bits per heavy atom. The molecule has 0 spiro atoms. The van der Waals surface area contributed by atoms with E-state index in [2.05, 4.69) is 0 Å². The molecule has 0 heterocycles. The second-order valence-corrected chi connectivity index (χ2v) is 4.71. The van der Waals surface area contributed by atoms with E-state index in [1.807, 2.05) is 19.9 Å². The number of hydrogen-bond acceptors (Lipinski definition) is 4. The Hall–Kier alpha value is -1.32. The fourth-order valence-electron chi connectivity index (χ4n) is 2.45. The van der Waals surface area contributed by atoms with E-state index in [4.69, 9.17) is 9.47 Å². The highest BCUT2D eigenvalue weighted by Gasteiger charge is 2.53. The lowest BCUT2D eigenvalue weighted by molar-refractivity contribution is -0.176. The van der Waals surface area contributed by atoms with E-state index in [0.717, 1.165) is 6.42 Å². The molecule has 0 saturated heterocycles. The van der Waals surface area contributed by atoms with Crippen molar-refractivity contribution in [1.82, 2.24) is 0 Å². The number of rotatable bonds is 4. The second kappa shape index (κ2) is 6.03. The molecular formula is C14H22O4. The summed E-state index contributed by atoms with van der Waals surface area (Å²) in [5.41, 5.74) is 0.0395. The zero-order chi connectivity index (χ0) is 13.8. The molecule has 1 rings (SSSR count). The molecule has 1 aliphatic carbocycles. The number of ether oxygens (including phenoxy) is 2. The molecule has 0 N–H and O–H groups in total. The van der Waals surface area contributed by atoms with Gasteiger partial charge in [0.2, 0.25) is 0 Å². The molecule has 4 heteroatoms. The summed E-state index contributed by atoms with van der Waals surface area (Å²) in [6, 6.07) is 0. The van der Waals surface area contributed by atoms with Crippen LogP contribution in [-0.2, 0) is 19.1 Å². The summed E-state index contributed by atoms with van der Waals surface area (Å²) >= 11 is 0. The average molecular weight is 254 g/mol. The molecule has 0 aromatic heterocycles. The van der Waals surface area contributed by atoms with Gasteiger partial charge in [0.15, 0.2) is 5.41 Å². The van der Waals surface area contributed by atoms with Crippen LogP contribution in [0.3, 0.4) is 0 Å². The molecule has 0 aromatic carbocycles. The highest BCUT2D eigenvalue weighted by Crippen LogP contribution is 2.42. The van der Waals surface area contributed by atoms with Crippen LogP contribution in [0.15, 0.2) is 11.6 Å². The maximum atomic E-state index is 12.2. The molecule has 18 heavy (non-hydrogen) atoms. The molecule has 0 bridgehead atoms. The molecule has 0 saturated carbocycles. The number of esters is 2. The maximum absolute atomic E-state index is 12.2. The summed E-state index contributed by atoms with van der Waals surface area (Å²) in [6.45, 7) is 7.91. The Morgan fingerprint density at radius 2 is 1.78 bits per heavy atom. The van der Waals surface area contributed by atoms with Gasteiger partial charge in [-0.05, 0) is 33.6 Å². The van der Waals surface area contributed by atoms with Crippen LogP contribution in [0, 0.1) is 11.3 Å². The summed E-state index contributed by atoms with van der Waals surface area (Å²) in [7, 11) is 0. The molecule has 0 radical (unpaired) electrons. The Bertz CT molecular complexity index is 339. The van der Waals surface area contributed by atoms with Crippen LogP contribution in [0.5, 0.6) is 0 Å². The lowest BCUT2D eigenvalue weighted by Crippen LogP contribution is -2.47. The van der Waals surface area contributed by atoms with Crippen molar-refractivity contribution in [2.75, 3.05) is 13.2 Å².